The number of anilines is 1. The van der Waals surface area contributed by atoms with Gasteiger partial charge in [-0.3, -0.25) is 9.89 Å². The second-order valence-corrected chi connectivity index (χ2v) is 5.55. The normalized spacial score (nSPS) is 16.4. The van der Waals surface area contributed by atoms with Crippen LogP contribution in [0.15, 0.2) is 42.9 Å². The Labute approximate surface area is 138 Å². The number of hydrogen-bond acceptors (Lipinski definition) is 5. The Morgan fingerprint density at radius 2 is 1.96 bits per heavy atom. The summed E-state index contributed by atoms with van der Waals surface area (Å²) in [6, 6.07) is 7.60. The van der Waals surface area contributed by atoms with Crippen LogP contribution in [0, 0.1) is 0 Å². The van der Waals surface area contributed by atoms with Gasteiger partial charge in [-0.1, -0.05) is 12.1 Å². The van der Waals surface area contributed by atoms with E-state index in [1.807, 2.05) is 24.3 Å². The standard InChI is InChI=1S/C17H15N5O2/c1-24-14-5-3-2-4-11(14)16-18-7-10(8-19-16)12-6-15(23)21-17-13(12)9-20-22-17/h2-5,7-9,12H,6H2,1H3,(H2,20,21,22,23)/t12-/m1/s1. The van der Waals surface area contributed by atoms with Crippen LogP contribution in [0.5, 0.6) is 5.75 Å². The Hall–Kier alpha value is -3.22. The Morgan fingerprint density at radius 1 is 1.17 bits per heavy atom. The average molecular weight is 321 g/mol. The van der Waals surface area contributed by atoms with Crippen LogP contribution < -0.4 is 10.1 Å². The molecule has 0 saturated heterocycles. The summed E-state index contributed by atoms with van der Waals surface area (Å²) in [5, 5.41) is 9.58. The molecular weight excluding hydrogens is 306 g/mol. The molecule has 24 heavy (non-hydrogen) atoms. The van der Waals surface area contributed by atoms with Gasteiger partial charge in [0.15, 0.2) is 5.82 Å². The molecule has 0 bridgehead atoms. The van der Waals surface area contributed by atoms with Crippen molar-refractivity contribution in [3.63, 3.8) is 0 Å². The van der Waals surface area contributed by atoms with Crippen molar-refractivity contribution >= 4 is 11.7 Å². The molecule has 0 radical (unpaired) electrons. The van der Waals surface area contributed by atoms with Gasteiger partial charge in [-0.15, -0.1) is 0 Å². The molecular formula is C17H15N5O2. The lowest BCUT2D eigenvalue weighted by Crippen LogP contribution is -2.23. The van der Waals surface area contributed by atoms with Crippen molar-refractivity contribution in [2.45, 2.75) is 12.3 Å². The zero-order valence-corrected chi connectivity index (χ0v) is 13.0. The second kappa shape index (κ2) is 5.77. The lowest BCUT2D eigenvalue weighted by molar-refractivity contribution is -0.116. The number of methoxy groups -OCH3 is 1. The summed E-state index contributed by atoms with van der Waals surface area (Å²) in [6.07, 6.45) is 5.60. The van der Waals surface area contributed by atoms with Gasteiger partial charge in [-0.25, -0.2) is 9.97 Å². The summed E-state index contributed by atoms with van der Waals surface area (Å²) in [5.74, 6) is 1.80. The third kappa shape index (κ3) is 2.40. The third-order valence-electron chi connectivity index (χ3n) is 4.12. The Kier molecular flexibility index (Phi) is 3.45. The van der Waals surface area contributed by atoms with Crippen LogP contribution in [0.4, 0.5) is 5.82 Å². The number of aromatic nitrogens is 4. The van der Waals surface area contributed by atoms with Gasteiger partial charge in [0.05, 0.1) is 18.9 Å². The number of carbonyl (C=O) groups excluding carboxylic acids is 1. The molecule has 2 aromatic heterocycles. The van der Waals surface area contributed by atoms with Gasteiger partial charge in [-0.05, 0) is 17.7 Å². The van der Waals surface area contributed by atoms with Gasteiger partial charge in [-0.2, -0.15) is 5.10 Å². The van der Waals surface area contributed by atoms with Crippen LogP contribution in [-0.2, 0) is 4.79 Å². The average Bonchev–Trinajstić information content (AvgIpc) is 3.09. The summed E-state index contributed by atoms with van der Waals surface area (Å²) < 4.78 is 5.35. The van der Waals surface area contributed by atoms with Gasteiger partial charge in [0, 0.05) is 30.3 Å². The molecule has 0 saturated carbocycles. The van der Waals surface area contributed by atoms with Gasteiger partial charge >= 0.3 is 0 Å². The minimum atomic E-state index is -0.0979. The maximum atomic E-state index is 11.9. The highest BCUT2D eigenvalue weighted by Gasteiger charge is 2.28. The highest BCUT2D eigenvalue weighted by atomic mass is 16.5. The van der Waals surface area contributed by atoms with Crippen molar-refractivity contribution in [1.82, 2.24) is 20.2 Å². The highest BCUT2D eigenvalue weighted by molar-refractivity contribution is 5.94. The van der Waals surface area contributed by atoms with Crippen molar-refractivity contribution in [1.29, 1.82) is 0 Å². The maximum Gasteiger partial charge on any atom is 0.226 e. The molecule has 3 aromatic rings. The molecule has 7 heteroatoms. The predicted molar refractivity (Wildman–Crippen MR) is 87.7 cm³/mol. The van der Waals surface area contributed by atoms with Crippen LogP contribution in [0.3, 0.4) is 0 Å². The quantitative estimate of drug-likeness (QED) is 0.772. The summed E-state index contributed by atoms with van der Waals surface area (Å²) >= 11 is 0. The molecule has 1 amide bonds. The van der Waals surface area contributed by atoms with E-state index in [-0.39, 0.29) is 11.8 Å². The SMILES string of the molecule is COc1ccccc1-c1ncc([C@H]2CC(=O)Nc3[nH]ncc32)cn1. The molecule has 0 spiro atoms. The number of fused-ring (bicyclic) bond motifs is 1. The van der Waals surface area contributed by atoms with Gasteiger partial charge in [0.1, 0.15) is 11.6 Å². The molecule has 0 aliphatic carbocycles. The maximum absolute atomic E-state index is 11.9. The first-order valence-electron chi connectivity index (χ1n) is 7.54. The molecule has 3 heterocycles. The third-order valence-corrected chi connectivity index (χ3v) is 4.12. The van der Waals surface area contributed by atoms with Gasteiger partial charge in [0.25, 0.3) is 0 Å². The van der Waals surface area contributed by atoms with E-state index in [2.05, 4.69) is 25.5 Å². The lowest BCUT2D eigenvalue weighted by atomic mass is 9.89. The molecule has 0 fully saturated rings. The van der Waals surface area contributed by atoms with E-state index in [0.717, 1.165) is 22.4 Å². The Morgan fingerprint density at radius 3 is 2.75 bits per heavy atom. The van der Waals surface area contributed by atoms with Crippen molar-refractivity contribution in [2.24, 2.45) is 0 Å². The lowest BCUT2D eigenvalue weighted by Gasteiger charge is -2.21. The first kappa shape index (κ1) is 14.4. The minimum absolute atomic E-state index is 0.0504. The van der Waals surface area contributed by atoms with E-state index in [1.165, 1.54) is 0 Å². The fraction of sp³-hybridized carbons (Fsp3) is 0.176. The molecule has 1 aliphatic rings. The molecule has 1 aliphatic heterocycles. The number of hydrogen-bond donors (Lipinski definition) is 2. The fourth-order valence-corrected chi connectivity index (χ4v) is 2.93. The number of H-pyrrole nitrogens is 1. The van der Waals surface area contributed by atoms with E-state index in [4.69, 9.17) is 4.74 Å². The van der Waals surface area contributed by atoms with Gasteiger partial charge in [0.2, 0.25) is 5.91 Å². The van der Waals surface area contributed by atoms with Crippen LogP contribution in [0.2, 0.25) is 0 Å². The number of para-hydroxylation sites is 1. The summed E-state index contributed by atoms with van der Waals surface area (Å²) in [5.41, 5.74) is 2.66. The highest BCUT2D eigenvalue weighted by Crippen LogP contribution is 2.35. The number of amides is 1. The van der Waals surface area contributed by atoms with Crippen LogP contribution in [0.1, 0.15) is 23.5 Å². The number of rotatable bonds is 3. The van der Waals surface area contributed by atoms with Crippen LogP contribution in [-0.4, -0.2) is 33.2 Å². The molecule has 0 unspecified atom stereocenters. The molecule has 1 atom stereocenters. The molecule has 4 rings (SSSR count). The number of nitrogens with one attached hydrogen (secondary N) is 2. The number of aromatic amines is 1. The van der Waals surface area contributed by atoms with E-state index < -0.39 is 0 Å². The van der Waals surface area contributed by atoms with E-state index in [0.29, 0.717) is 18.1 Å². The fourth-order valence-electron chi connectivity index (χ4n) is 2.93. The van der Waals surface area contributed by atoms with Crippen molar-refractivity contribution in [2.75, 3.05) is 12.4 Å². The van der Waals surface area contributed by atoms with E-state index in [9.17, 15) is 4.79 Å². The number of carbonyl (C=O) groups is 1. The van der Waals surface area contributed by atoms with Crippen molar-refractivity contribution in [3.8, 4) is 17.1 Å². The zero-order chi connectivity index (χ0) is 16.5. The smallest absolute Gasteiger partial charge is 0.226 e. The monoisotopic (exact) mass is 321 g/mol. The molecule has 2 N–H and O–H groups in total. The Bertz CT molecular complexity index is 888. The minimum Gasteiger partial charge on any atom is -0.496 e. The number of benzene rings is 1. The molecule has 120 valence electrons. The van der Waals surface area contributed by atoms with Crippen molar-refractivity contribution in [3.05, 3.63) is 54.0 Å². The number of ether oxygens (including phenoxy) is 1. The van der Waals surface area contributed by atoms with Gasteiger partial charge < -0.3 is 10.1 Å². The predicted octanol–water partition coefficient (Wildman–Crippen LogP) is 2.35. The topological polar surface area (TPSA) is 92.8 Å². The first-order valence-corrected chi connectivity index (χ1v) is 7.54. The van der Waals surface area contributed by atoms with E-state index in [1.54, 1.807) is 25.7 Å². The van der Waals surface area contributed by atoms with E-state index >= 15 is 0 Å². The summed E-state index contributed by atoms with van der Waals surface area (Å²) in [7, 11) is 1.62. The summed E-state index contributed by atoms with van der Waals surface area (Å²) in [6.45, 7) is 0. The number of nitrogens with zero attached hydrogens (tertiary/aromatic N) is 3. The largest absolute Gasteiger partial charge is 0.496 e. The molecule has 1 aromatic carbocycles. The van der Waals surface area contributed by atoms with Crippen LogP contribution in [0.25, 0.3) is 11.4 Å². The zero-order valence-electron chi connectivity index (χ0n) is 13.0. The molecule has 7 nitrogen and oxygen atoms in total. The van der Waals surface area contributed by atoms with Crippen LogP contribution >= 0.6 is 0 Å². The second-order valence-electron chi connectivity index (χ2n) is 5.55. The summed E-state index contributed by atoms with van der Waals surface area (Å²) in [4.78, 5) is 20.8. The van der Waals surface area contributed by atoms with Crippen molar-refractivity contribution < 1.29 is 9.53 Å². The first-order chi connectivity index (χ1) is 11.8. The Balaban J connectivity index is 1.69.